The van der Waals surface area contributed by atoms with E-state index < -0.39 is 21.8 Å². The largest absolute Gasteiger partial charge is 0.444 e. The highest BCUT2D eigenvalue weighted by molar-refractivity contribution is 7.86. The number of benzene rings is 1. The van der Waals surface area contributed by atoms with Crippen molar-refractivity contribution in [2.24, 2.45) is 0 Å². The van der Waals surface area contributed by atoms with Gasteiger partial charge in [-0.15, -0.1) is 0 Å². The zero-order valence-electron chi connectivity index (χ0n) is 15.8. The second-order valence-corrected chi connectivity index (χ2v) is 9.80. The van der Waals surface area contributed by atoms with E-state index in [1.807, 2.05) is 27.7 Å². The Morgan fingerprint density at radius 1 is 1.08 bits per heavy atom. The van der Waals surface area contributed by atoms with Crippen molar-refractivity contribution >= 4 is 16.2 Å². The van der Waals surface area contributed by atoms with Gasteiger partial charge in [-0.05, 0) is 65.5 Å². The van der Waals surface area contributed by atoms with Crippen LogP contribution in [0.4, 0.5) is 4.79 Å². The van der Waals surface area contributed by atoms with Gasteiger partial charge in [0.25, 0.3) is 10.1 Å². The van der Waals surface area contributed by atoms with E-state index in [0.717, 1.165) is 18.4 Å². The van der Waals surface area contributed by atoms with Crippen LogP contribution in [0.3, 0.4) is 0 Å². The van der Waals surface area contributed by atoms with Crippen LogP contribution < -0.4 is 0 Å². The fourth-order valence-corrected chi connectivity index (χ4v) is 4.85. The Labute approximate surface area is 155 Å². The maximum Gasteiger partial charge on any atom is 0.410 e. The lowest BCUT2D eigenvalue weighted by molar-refractivity contribution is -0.00610. The molecule has 7 heteroatoms. The van der Waals surface area contributed by atoms with Gasteiger partial charge in [-0.25, -0.2) is 4.79 Å². The molecule has 0 N–H and O–H groups in total. The molecule has 0 aliphatic carbocycles. The number of fused-ring (bicyclic) bond motifs is 2. The second kappa shape index (κ2) is 6.85. The maximum absolute atomic E-state index is 12.5. The minimum absolute atomic E-state index is 0.0261. The number of carbonyl (C=O) groups excluding carboxylic acids is 1. The van der Waals surface area contributed by atoms with Gasteiger partial charge in [0.15, 0.2) is 0 Å². The molecule has 3 rings (SSSR count). The summed E-state index contributed by atoms with van der Waals surface area (Å²) >= 11 is 0. The van der Waals surface area contributed by atoms with Gasteiger partial charge in [0.1, 0.15) is 5.60 Å². The third-order valence-corrected chi connectivity index (χ3v) is 6.24. The monoisotopic (exact) mass is 381 g/mol. The molecule has 0 radical (unpaired) electrons. The summed E-state index contributed by atoms with van der Waals surface area (Å²) in [6.45, 7) is 7.44. The molecule has 2 fully saturated rings. The first-order valence-corrected chi connectivity index (χ1v) is 10.5. The first kappa shape index (κ1) is 19.2. The predicted octanol–water partition coefficient (Wildman–Crippen LogP) is 3.63. The molecule has 144 valence electrons. The molecular weight excluding hydrogens is 354 g/mol. The van der Waals surface area contributed by atoms with Crippen molar-refractivity contribution in [2.75, 3.05) is 0 Å². The molecule has 2 saturated heterocycles. The minimum Gasteiger partial charge on any atom is -0.444 e. The number of carbonyl (C=O) groups is 1. The van der Waals surface area contributed by atoms with E-state index in [2.05, 4.69) is 0 Å². The number of hydrogen-bond acceptors (Lipinski definition) is 5. The number of amides is 1. The van der Waals surface area contributed by atoms with Crippen molar-refractivity contribution in [1.29, 1.82) is 0 Å². The third kappa shape index (κ3) is 4.20. The highest BCUT2D eigenvalue weighted by Crippen LogP contribution is 2.38. The van der Waals surface area contributed by atoms with Gasteiger partial charge in [0, 0.05) is 12.1 Å². The smallest absolute Gasteiger partial charge is 0.410 e. The molecule has 2 heterocycles. The average Bonchev–Trinajstić information content (AvgIpc) is 2.77. The summed E-state index contributed by atoms with van der Waals surface area (Å²) in [6.07, 6.45) is 2.02. The first-order chi connectivity index (χ1) is 12.0. The molecule has 6 nitrogen and oxygen atoms in total. The van der Waals surface area contributed by atoms with E-state index in [4.69, 9.17) is 8.92 Å². The van der Waals surface area contributed by atoms with E-state index in [0.29, 0.717) is 12.8 Å². The molecule has 2 unspecified atom stereocenters. The number of rotatable bonds is 3. The molecule has 2 aliphatic rings. The highest BCUT2D eigenvalue weighted by atomic mass is 32.2. The van der Waals surface area contributed by atoms with Crippen molar-refractivity contribution in [3.63, 3.8) is 0 Å². The molecule has 26 heavy (non-hydrogen) atoms. The molecule has 0 spiro atoms. The lowest BCUT2D eigenvalue weighted by Crippen LogP contribution is -2.50. The van der Waals surface area contributed by atoms with Crippen molar-refractivity contribution in [1.82, 2.24) is 4.90 Å². The Kier molecular flexibility index (Phi) is 5.05. The van der Waals surface area contributed by atoms with Crippen molar-refractivity contribution < 1.29 is 22.1 Å². The summed E-state index contributed by atoms with van der Waals surface area (Å²) in [5.41, 5.74) is 0.450. The average molecular weight is 381 g/mol. The van der Waals surface area contributed by atoms with Crippen LogP contribution in [0.15, 0.2) is 29.2 Å². The Bertz CT molecular complexity index is 752. The molecule has 2 bridgehead atoms. The summed E-state index contributed by atoms with van der Waals surface area (Å²) in [5.74, 6) is 0. The fourth-order valence-electron chi connectivity index (χ4n) is 3.76. The molecule has 0 aromatic heterocycles. The van der Waals surface area contributed by atoms with Gasteiger partial charge in [0.05, 0.1) is 11.0 Å². The van der Waals surface area contributed by atoms with E-state index in [1.165, 1.54) is 0 Å². The predicted molar refractivity (Wildman–Crippen MR) is 97.4 cm³/mol. The molecule has 2 aliphatic heterocycles. The molecule has 1 aromatic carbocycles. The maximum atomic E-state index is 12.5. The van der Waals surface area contributed by atoms with Gasteiger partial charge in [-0.2, -0.15) is 8.42 Å². The van der Waals surface area contributed by atoms with E-state index in [-0.39, 0.29) is 23.1 Å². The van der Waals surface area contributed by atoms with Gasteiger partial charge in [-0.1, -0.05) is 17.7 Å². The Balaban J connectivity index is 1.67. The van der Waals surface area contributed by atoms with Crippen LogP contribution in [0.1, 0.15) is 52.0 Å². The highest BCUT2D eigenvalue weighted by Gasteiger charge is 2.46. The summed E-state index contributed by atoms with van der Waals surface area (Å²) < 4.78 is 36.1. The summed E-state index contributed by atoms with van der Waals surface area (Å²) in [4.78, 5) is 14.4. The van der Waals surface area contributed by atoms with Crippen LogP contribution in [0.2, 0.25) is 0 Å². The summed E-state index contributed by atoms with van der Waals surface area (Å²) in [6, 6.07) is 6.59. The Morgan fingerprint density at radius 2 is 1.62 bits per heavy atom. The number of piperidine rings is 1. The van der Waals surface area contributed by atoms with E-state index >= 15 is 0 Å². The fraction of sp³-hybridized carbons (Fsp3) is 0.632. The molecule has 1 aromatic rings. The lowest BCUT2D eigenvalue weighted by atomic mass is 10.0. The summed E-state index contributed by atoms with van der Waals surface area (Å²) in [5, 5.41) is 0. The molecule has 2 atom stereocenters. The van der Waals surface area contributed by atoms with Crippen LogP contribution in [-0.2, 0) is 19.0 Å². The van der Waals surface area contributed by atoms with Crippen molar-refractivity contribution in [2.45, 2.75) is 82.1 Å². The third-order valence-electron chi connectivity index (χ3n) is 4.87. The minimum atomic E-state index is -3.80. The zero-order valence-corrected chi connectivity index (χ0v) is 16.6. The van der Waals surface area contributed by atoms with Gasteiger partial charge in [-0.3, -0.25) is 4.18 Å². The normalized spacial score (nSPS) is 26.0. The SMILES string of the molecule is Cc1ccc(S(=O)(=O)OC2CC3CCC(C2)N3C(=O)OC(C)(C)C)cc1. The van der Waals surface area contributed by atoms with Crippen molar-refractivity contribution in [3.8, 4) is 0 Å². The number of nitrogens with zero attached hydrogens (tertiary/aromatic N) is 1. The Hall–Kier alpha value is -1.60. The van der Waals surface area contributed by atoms with Crippen LogP contribution in [0.25, 0.3) is 0 Å². The lowest BCUT2D eigenvalue weighted by Gasteiger charge is -2.38. The van der Waals surface area contributed by atoms with E-state index in [1.54, 1.807) is 29.2 Å². The quantitative estimate of drug-likeness (QED) is 0.748. The number of aryl methyl sites for hydroxylation is 1. The zero-order chi connectivity index (χ0) is 19.1. The van der Waals surface area contributed by atoms with Gasteiger partial charge >= 0.3 is 6.09 Å². The molecular formula is C19H27NO5S. The molecule has 0 saturated carbocycles. The van der Waals surface area contributed by atoms with Crippen LogP contribution in [-0.4, -0.2) is 43.2 Å². The Morgan fingerprint density at radius 3 is 2.12 bits per heavy atom. The second-order valence-electron chi connectivity index (χ2n) is 8.23. The van der Waals surface area contributed by atoms with E-state index in [9.17, 15) is 13.2 Å². The van der Waals surface area contributed by atoms with Gasteiger partial charge in [0.2, 0.25) is 0 Å². The first-order valence-electron chi connectivity index (χ1n) is 9.06. The van der Waals surface area contributed by atoms with Crippen LogP contribution in [0.5, 0.6) is 0 Å². The number of ether oxygens (including phenoxy) is 1. The van der Waals surface area contributed by atoms with Crippen LogP contribution in [0, 0.1) is 6.92 Å². The standard InChI is InChI=1S/C19H27NO5S/c1-13-5-9-17(10-6-13)26(22,23)25-16-11-14-7-8-15(12-16)20(14)18(21)24-19(2,3)4/h5-6,9-10,14-16H,7-8,11-12H2,1-4H3. The van der Waals surface area contributed by atoms with Crippen LogP contribution >= 0.6 is 0 Å². The molecule has 1 amide bonds. The van der Waals surface area contributed by atoms with Crippen molar-refractivity contribution in [3.05, 3.63) is 29.8 Å². The van der Waals surface area contributed by atoms with Gasteiger partial charge < -0.3 is 9.64 Å². The topological polar surface area (TPSA) is 72.9 Å². The summed E-state index contributed by atoms with van der Waals surface area (Å²) in [7, 11) is -3.80. The number of hydrogen-bond donors (Lipinski definition) is 0.